The lowest BCUT2D eigenvalue weighted by Gasteiger charge is -2.01. The van der Waals surface area contributed by atoms with Gasteiger partial charge in [0.15, 0.2) is 0 Å². The smallest absolute Gasteiger partial charge is 0.0713 e. The average Bonchev–Trinajstić information content (AvgIpc) is 2.15. The van der Waals surface area contributed by atoms with Crippen LogP contribution in [-0.4, -0.2) is 7.11 Å². The van der Waals surface area contributed by atoms with Crippen LogP contribution >= 0.6 is 11.6 Å². The maximum atomic E-state index is 5.84. The first-order chi connectivity index (χ1) is 6.24. The van der Waals surface area contributed by atoms with Crippen molar-refractivity contribution in [1.82, 2.24) is 0 Å². The molecular weight excluding hydrogens is 184 g/mol. The molecule has 0 unspecified atom stereocenters. The molecule has 0 fully saturated rings. The number of rotatable bonds is 2. The Kier molecular flexibility index (Phi) is 6.65. The Hall–Kier alpha value is -0.530. The van der Waals surface area contributed by atoms with E-state index in [4.69, 9.17) is 16.3 Å². The Bertz CT molecular complexity index is 246. The van der Waals surface area contributed by atoms with E-state index >= 15 is 0 Å². The van der Waals surface area contributed by atoms with Crippen LogP contribution in [0.25, 0.3) is 0 Å². The Balaban J connectivity index is 0.000000671. The molecule has 1 aromatic carbocycles. The molecule has 0 bridgehead atoms. The van der Waals surface area contributed by atoms with Gasteiger partial charge in [-0.15, -0.1) is 0 Å². The first-order valence-corrected chi connectivity index (χ1v) is 4.86. The second-order valence-corrected chi connectivity index (χ2v) is 2.92. The third-order valence-electron chi connectivity index (χ3n) is 1.53. The lowest BCUT2D eigenvalue weighted by atomic mass is 10.1. The number of hydrogen-bond donors (Lipinski definition) is 0. The number of ether oxygens (including phenoxy) is 1. The van der Waals surface area contributed by atoms with Gasteiger partial charge in [0.05, 0.1) is 6.61 Å². The molecule has 74 valence electrons. The predicted octanol–water partition coefficient (Wildman–Crippen LogP) is 3.82. The summed E-state index contributed by atoms with van der Waals surface area (Å²) < 4.78 is 4.98. The van der Waals surface area contributed by atoms with Gasteiger partial charge in [0.1, 0.15) is 0 Å². The molecule has 0 atom stereocenters. The topological polar surface area (TPSA) is 9.23 Å². The van der Waals surface area contributed by atoms with Crippen LogP contribution < -0.4 is 0 Å². The fraction of sp³-hybridized carbons (Fsp3) is 0.455. The molecule has 0 amide bonds. The first kappa shape index (κ1) is 12.5. The van der Waals surface area contributed by atoms with Crippen molar-refractivity contribution in [3.8, 4) is 0 Å². The summed E-state index contributed by atoms with van der Waals surface area (Å²) in [5.74, 6) is 0. The summed E-state index contributed by atoms with van der Waals surface area (Å²) >= 11 is 5.84. The zero-order chi connectivity index (χ0) is 10.3. The van der Waals surface area contributed by atoms with Gasteiger partial charge in [-0.3, -0.25) is 0 Å². The summed E-state index contributed by atoms with van der Waals surface area (Å²) in [6.07, 6.45) is 0. The first-order valence-electron chi connectivity index (χ1n) is 4.48. The Morgan fingerprint density at radius 3 is 2.38 bits per heavy atom. The highest BCUT2D eigenvalue weighted by Gasteiger charge is 1.95. The van der Waals surface area contributed by atoms with Gasteiger partial charge < -0.3 is 4.74 Å². The summed E-state index contributed by atoms with van der Waals surface area (Å²) in [6.45, 7) is 6.64. The molecule has 0 heterocycles. The molecule has 13 heavy (non-hydrogen) atoms. The monoisotopic (exact) mass is 200 g/mol. The summed E-state index contributed by atoms with van der Waals surface area (Å²) in [6, 6.07) is 5.90. The molecule has 0 aliphatic heterocycles. The highest BCUT2D eigenvalue weighted by atomic mass is 35.5. The minimum atomic E-state index is 0.651. The summed E-state index contributed by atoms with van der Waals surface area (Å²) in [5.41, 5.74) is 2.26. The van der Waals surface area contributed by atoms with E-state index in [9.17, 15) is 0 Å². The van der Waals surface area contributed by atoms with Gasteiger partial charge in [-0.2, -0.15) is 0 Å². The quantitative estimate of drug-likeness (QED) is 0.705. The van der Waals surface area contributed by atoms with Gasteiger partial charge in [-0.05, 0) is 24.1 Å². The number of hydrogen-bond acceptors (Lipinski definition) is 1. The molecule has 0 spiro atoms. The third-order valence-corrected chi connectivity index (χ3v) is 1.96. The van der Waals surface area contributed by atoms with Crippen LogP contribution in [-0.2, 0) is 11.3 Å². The van der Waals surface area contributed by atoms with Crippen molar-refractivity contribution in [3.05, 3.63) is 34.3 Å². The molecule has 0 aliphatic rings. The van der Waals surface area contributed by atoms with Gasteiger partial charge >= 0.3 is 0 Å². The van der Waals surface area contributed by atoms with Gasteiger partial charge in [-0.1, -0.05) is 37.6 Å². The molecule has 0 saturated heterocycles. The van der Waals surface area contributed by atoms with Crippen LogP contribution in [0.3, 0.4) is 0 Å². The third kappa shape index (κ3) is 4.30. The van der Waals surface area contributed by atoms with Gasteiger partial charge in [0.25, 0.3) is 0 Å². The van der Waals surface area contributed by atoms with Crippen LogP contribution in [0.5, 0.6) is 0 Å². The van der Waals surface area contributed by atoms with Crippen LogP contribution in [0.15, 0.2) is 18.2 Å². The van der Waals surface area contributed by atoms with Crippen molar-refractivity contribution >= 4 is 11.6 Å². The number of halogens is 1. The Morgan fingerprint density at radius 2 is 1.92 bits per heavy atom. The van der Waals surface area contributed by atoms with E-state index in [0.717, 1.165) is 16.1 Å². The van der Waals surface area contributed by atoms with Crippen LogP contribution in [0.2, 0.25) is 5.02 Å². The van der Waals surface area contributed by atoms with Crippen LogP contribution in [0.4, 0.5) is 0 Å². The number of benzene rings is 1. The average molecular weight is 201 g/mol. The minimum absolute atomic E-state index is 0.651. The Morgan fingerprint density at radius 1 is 1.31 bits per heavy atom. The maximum absolute atomic E-state index is 5.84. The number of aryl methyl sites for hydroxylation is 1. The molecule has 1 nitrogen and oxygen atoms in total. The van der Waals surface area contributed by atoms with Crippen LogP contribution in [0, 0.1) is 6.92 Å². The van der Waals surface area contributed by atoms with Crippen molar-refractivity contribution in [1.29, 1.82) is 0 Å². The fourth-order valence-corrected chi connectivity index (χ4v) is 1.08. The number of methoxy groups -OCH3 is 1. The molecule has 1 aromatic rings. The van der Waals surface area contributed by atoms with Crippen molar-refractivity contribution in [2.75, 3.05) is 7.11 Å². The predicted molar refractivity (Wildman–Crippen MR) is 58.3 cm³/mol. The molecule has 0 N–H and O–H groups in total. The van der Waals surface area contributed by atoms with E-state index < -0.39 is 0 Å². The standard InChI is InChI=1S/C9H11ClO.C2H6/c1-7-5-8(6-11-2)3-4-9(7)10;1-2/h3-5H,6H2,1-2H3;1-2H3. The second-order valence-electron chi connectivity index (χ2n) is 2.52. The van der Waals surface area contributed by atoms with Crippen molar-refractivity contribution in [3.63, 3.8) is 0 Å². The lowest BCUT2D eigenvalue weighted by molar-refractivity contribution is 0.185. The highest BCUT2D eigenvalue weighted by molar-refractivity contribution is 6.31. The van der Waals surface area contributed by atoms with E-state index in [0.29, 0.717) is 6.61 Å². The maximum Gasteiger partial charge on any atom is 0.0713 e. The minimum Gasteiger partial charge on any atom is -0.380 e. The van der Waals surface area contributed by atoms with Gasteiger partial charge in [0.2, 0.25) is 0 Å². The summed E-state index contributed by atoms with van der Waals surface area (Å²) in [7, 11) is 1.68. The van der Waals surface area contributed by atoms with Gasteiger partial charge in [-0.25, -0.2) is 0 Å². The summed E-state index contributed by atoms with van der Waals surface area (Å²) in [5, 5.41) is 0.810. The van der Waals surface area contributed by atoms with E-state index in [-0.39, 0.29) is 0 Å². The molecule has 0 radical (unpaired) electrons. The molecule has 0 aromatic heterocycles. The fourth-order valence-electron chi connectivity index (χ4n) is 0.963. The molecular formula is C11H17ClO. The van der Waals surface area contributed by atoms with Crippen molar-refractivity contribution in [2.45, 2.75) is 27.4 Å². The van der Waals surface area contributed by atoms with E-state index in [1.807, 2.05) is 39.0 Å². The van der Waals surface area contributed by atoms with Crippen molar-refractivity contribution < 1.29 is 4.74 Å². The molecule has 1 rings (SSSR count). The van der Waals surface area contributed by atoms with E-state index in [2.05, 4.69) is 0 Å². The van der Waals surface area contributed by atoms with Crippen molar-refractivity contribution in [2.24, 2.45) is 0 Å². The molecule has 2 heteroatoms. The zero-order valence-electron chi connectivity index (χ0n) is 8.73. The SMILES string of the molecule is CC.COCc1ccc(Cl)c(C)c1. The van der Waals surface area contributed by atoms with E-state index in [1.165, 1.54) is 0 Å². The zero-order valence-corrected chi connectivity index (χ0v) is 9.48. The Labute approximate surface area is 85.7 Å². The normalized spacial score (nSPS) is 9.00. The molecule has 0 aliphatic carbocycles. The largest absolute Gasteiger partial charge is 0.380 e. The van der Waals surface area contributed by atoms with E-state index in [1.54, 1.807) is 7.11 Å². The van der Waals surface area contributed by atoms with Gasteiger partial charge in [0, 0.05) is 12.1 Å². The van der Waals surface area contributed by atoms with Crippen LogP contribution in [0.1, 0.15) is 25.0 Å². The lowest BCUT2D eigenvalue weighted by Crippen LogP contribution is -1.87. The summed E-state index contributed by atoms with van der Waals surface area (Å²) in [4.78, 5) is 0. The second kappa shape index (κ2) is 6.93. The molecule has 0 saturated carbocycles. The highest BCUT2D eigenvalue weighted by Crippen LogP contribution is 2.16.